The van der Waals surface area contributed by atoms with Crippen LogP contribution in [0.5, 0.6) is 0 Å². The van der Waals surface area contributed by atoms with E-state index in [0.29, 0.717) is 13.1 Å². The quantitative estimate of drug-likeness (QED) is 0.590. The first-order valence-electron chi connectivity index (χ1n) is 9.30. The fraction of sp³-hybridized carbons (Fsp3) is 0.273. The van der Waals surface area contributed by atoms with E-state index < -0.39 is 6.10 Å². The second-order valence-electron chi connectivity index (χ2n) is 7.12. The molecule has 0 aliphatic heterocycles. The number of carbonyl (C=O) groups excluding carboxylic acids is 1. The number of nitrogens with one attached hydrogen (secondary N) is 2. The molecule has 0 saturated carbocycles. The van der Waals surface area contributed by atoms with Gasteiger partial charge in [-0.05, 0) is 31.8 Å². The number of nitrogens with zero attached hydrogens (tertiary/aromatic N) is 2. The number of aliphatic hydroxyl groups is 1. The van der Waals surface area contributed by atoms with E-state index in [1.54, 1.807) is 12.4 Å². The van der Waals surface area contributed by atoms with Gasteiger partial charge >= 0.3 is 6.03 Å². The molecule has 0 saturated heterocycles. The van der Waals surface area contributed by atoms with Crippen LogP contribution in [0.3, 0.4) is 0 Å². The Kier molecular flexibility index (Phi) is 6.57. The zero-order valence-electron chi connectivity index (χ0n) is 16.2. The Morgan fingerprint density at radius 3 is 2.64 bits per heavy atom. The Bertz CT molecular complexity index is 909. The van der Waals surface area contributed by atoms with Gasteiger partial charge in [-0.2, -0.15) is 0 Å². The van der Waals surface area contributed by atoms with Crippen molar-refractivity contribution in [3.63, 3.8) is 0 Å². The maximum atomic E-state index is 12.5. The van der Waals surface area contributed by atoms with Crippen LogP contribution in [0.25, 0.3) is 10.8 Å². The number of anilines is 1. The number of hydrogen-bond donors (Lipinski definition) is 3. The number of fused-ring (bicyclic) bond motifs is 1. The molecule has 1 heterocycles. The van der Waals surface area contributed by atoms with Crippen LogP contribution in [0.2, 0.25) is 0 Å². The molecule has 28 heavy (non-hydrogen) atoms. The third kappa shape index (κ3) is 5.06. The van der Waals surface area contributed by atoms with Crippen LogP contribution < -0.4 is 10.6 Å². The second kappa shape index (κ2) is 9.30. The van der Waals surface area contributed by atoms with Crippen LogP contribution in [-0.2, 0) is 0 Å². The third-order valence-corrected chi connectivity index (χ3v) is 4.64. The molecule has 6 nitrogen and oxygen atoms in total. The Labute approximate surface area is 165 Å². The molecule has 2 unspecified atom stereocenters. The van der Waals surface area contributed by atoms with Gasteiger partial charge in [-0.15, -0.1) is 0 Å². The number of hydrogen-bond acceptors (Lipinski definition) is 4. The average molecular weight is 378 g/mol. The molecule has 1 aromatic heterocycles. The molecule has 0 aliphatic rings. The maximum Gasteiger partial charge on any atom is 0.319 e. The molecule has 0 radical (unpaired) electrons. The number of pyridine rings is 1. The molecule has 3 rings (SSSR count). The fourth-order valence-electron chi connectivity index (χ4n) is 3.29. The number of aliphatic hydroxyl groups excluding tert-OH is 1. The average Bonchev–Trinajstić information content (AvgIpc) is 2.71. The molecule has 3 N–H and O–H groups in total. The first-order valence-corrected chi connectivity index (χ1v) is 9.30. The highest BCUT2D eigenvalue weighted by Gasteiger charge is 2.22. The van der Waals surface area contributed by atoms with Gasteiger partial charge in [0.15, 0.2) is 0 Å². The molecule has 6 heteroatoms. The summed E-state index contributed by atoms with van der Waals surface area (Å²) in [6.07, 6.45) is 2.81. The number of benzene rings is 2. The molecule has 2 atom stereocenters. The zero-order chi connectivity index (χ0) is 19.9. The van der Waals surface area contributed by atoms with Crippen molar-refractivity contribution in [3.05, 3.63) is 72.6 Å². The highest BCUT2D eigenvalue weighted by molar-refractivity contribution is 6.01. The van der Waals surface area contributed by atoms with E-state index in [0.717, 1.165) is 22.0 Å². The van der Waals surface area contributed by atoms with E-state index in [-0.39, 0.29) is 11.9 Å². The van der Waals surface area contributed by atoms with E-state index in [1.165, 1.54) is 0 Å². The standard InChI is InChI=1S/C22H26N4O2/c1-26(2)15-18(21(27)16-7-4-3-5-8-16)14-24-22(28)25-20-10-6-9-17-13-23-12-11-19(17)20/h3-13,18,21,27H,14-15H2,1-2H3,(H2,24,25,28). The number of carbonyl (C=O) groups is 1. The van der Waals surface area contributed by atoms with Crippen LogP contribution in [0.15, 0.2) is 67.0 Å². The molecule has 3 aromatic rings. The molecule has 2 amide bonds. The summed E-state index contributed by atoms with van der Waals surface area (Å²) in [6.45, 7) is 1.00. The van der Waals surface area contributed by atoms with Gasteiger partial charge in [0.1, 0.15) is 0 Å². The summed E-state index contributed by atoms with van der Waals surface area (Å²) in [5.74, 6) is -0.139. The lowest BCUT2D eigenvalue weighted by Crippen LogP contribution is -2.39. The van der Waals surface area contributed by atoms with Crippen LogP contribution in [0, 0.1) is 5.92 Å². The zero-order valence-corrected chi connectivity index (χ0v) is 16.2. The summed E-state index contributed by atoms with van der Waals surface area (Å²) in [4.78, 5) is 18.6. The van der Waals surface area contributed by atoms with Gasteiger partial charge < -0.3 is 20.6 Å². The molecular formula is C22H26N4O2. The first-order chi connectivity index (χ1) is 13.5. The van der Waals surface area contributed by atoms with E-state index in [9.17, 15) is 9.90 Å². The summed E-state index contributed by atoms with van der Waals surface area (Å²) in [6, 6.07) is 16.8. The van der Waals surface area contributed by atoms with Gasteiger partial charge in [-0.1, -0.05) is 42.5 Å². The number of amides is 2. The van der Waals surface area contributed by atoms with Gasteiger partial charge in [0, 0.05) is 42.2 Å². The summed E-state index contributed by atoms with van der Waals surface area (Å²) in [5.41, 5.74) is 1.57. The fourth-order valence-corrected chi connectivity index (χ4v) is 3.29. The van der Waals surface area contributed by atoms with Crippen LogP contribution in [0.1, 0.15) is 11.7 Å². The normalized spacial score (nSPS) is 13.3. The van der Waals surface area contributed by atoms with Gasteiger partial charge in [0.2, 0.25) is 0 Å². The lowest BCUT2D eigenvalue weighted by Gasteiger charge is -2.26. The molecular weight excluding hydrogens is 352 g/mol. The first kappa shape index (κ1) is 19.8. The van der Waals surface area contributed by atoms with Gasteiger partial charge in [0.05, 0.1) is 11.8 Å². The predicted octanol–water partition coefficient (Wildman–Crippen LogP) is 3.27. The number of urea groups is 1. The van der Waals surface area contributed by atoms with E-state index in [4.69, 9.17) is 0 Å². The topological polar surface area (TPSA) is 77.5 Å². The summed E-state index contributed by atoms with van der Waals surface area (Å²) < 4.78 is 0. The van der Waals surface area contributed by atoms with Crippen molar-refractivity contribution in [3.8, 4) is 0 Å². The van der Waals surface area contributed by atoms with Crippen molar-refractivity contribution in [1.82, 2.24) is 15.2 Å². The van der Waals surface area contributed by atoms with Crippen molar-refractivity contribution in [2.75, 3.05) is 32.5 Å². The minimum absolute atomic E-state index is 0.139. The van der Waals surface area contributed by atoms with E-state index in [2.05, 4.69) is 15.6 Å². The lowest BCUT2D eigenvalue weighted by atomic mass is 9.95. The van der Waals surface area contributed by atoms with E-state index >= 15 is 0 Å². The van der Waals surface area contributed by atoms with Gasteiger partial charge in [0.25, 0.3) is 0 Å². The smallest absolute Gasteiger partial charge is 0.319 e. The van der Waals surface area contributed by atoms with Crippen molar-refractivity contribution in [1.29, 1.82) is 0 Å². The SMILES string of the molecule is CN(C)CC(CNC(=O)Nc1cccc2cnccc12)C(O)c1ccccc1. The molecule has 0 bridgehead atoms. The third-order valence-electron chi connectivity index (χ3n) is 4.64. The molecule has 2 aromatic carbocycles. The van der Waals surface area contributed by atoms with Crippen molar-refractivity contribution in [2.24, 2.45) is 5.92 Å². The Hall–Kier alpha value is -2.96. The van der Waals surface area contributed by atoms with Crippen LogP contribution >= 0.6 is 0 Å². The monoisotopic (exact) mass is 378 g/mol. The summed E-state index contributed by atoms with van der Waals surface area (Å²) >= 11 is 0. The van der Waals surface area contributed by atoms with Crippen LogP contribution in [-0.4, -0.2) is 48.2 Å². The molecule has 0 aliphatic carbocycles. The number of aromatic nitrogens is 1. The maximum absolute atomic E-state index is 12.5. The predicted molar refractivity (Wildman–Crippen MR) is 112 cm³/mol. The van der Waals surface area contributed by atoms with Crippen molar-refractivity contribution in [2.45, 2.75) is 6.10 Å². The Morgan fingerprint density at radius 2 is 1.89 bits per heavy atom. The highest BCUT2D eigenvalue weighted by atomic mass is 16.3. The highest BCUT2D eigenvalue weighted by Crippen LogP contribution is 2.23. The van der Waals surface area contributed by atoms with Gasteiger partial charge in [-0.3, -0.25) is 4.98 Å². The van der Waals surface area contributed by atoms with Crippen molar-refractivity contribution >= 4 is 22.5 Å². The van der Waals surface area contributed by atoms with Gasteiger partial charge in [-0.25, -0.2) is 4.79 Å². The minimum Gasteiger partial charge on any atom is -0.388 e. The number of rotatable bonds is 7. The molecule has 146 valence electrons. The summed E-state index contributed by atoms with van der Waals surface area (Å²) in [5, 5.41) is 18.5. The van der Waals surface area contributed by atoms with E-state index in [1.807, 2.05) is 73.6 Å². The van der Waals surface area contributed by atoms with Crippen LogP contribution in [0.4, 0.5) is 10.5 Å². The largest absolute Gasteiger partial charge is 0.388 e. The second-order valence-corrected chi connectivity index (χ2v) is 7.12. The minimum atomic E-state index is -0.660. The summed E-state index contributed by atoms with van der Waals surface area (Å²) in [7, 11) is 3.91. The molecule has 0 fully saturated rings. The Balaban J connectivity index is 1.66. The molecule has 0 spiro atoms. The lowest BCUT2D eigenvalue weighted by molar-refractivity contribution is 0.0911. The van der Waals surface area contributed by atoms with Crippen molar-refractivity contribution < 1.29 is 9.90 Å². The Morgan fingerprint density at radius 1 is 1.11 bits per heavy atom.